The molecule has 0 saturated heterocycles. The Hall–Kier alpha value is -2.64. The summed E-state index contributed by atoms with van der Waals surface area (Å²) in [5.74, 6) is 5.28. The van der Waals surface area contributed by atoms with Gasteiger partial charge in [-0.25, -0.2) is 0 Å². The first-order chi connectivity index (χ1) is 10.2. The molecule has 0 spiro atoms. The average Bonchev–Trinajstić information content (AvgIpc) is 2.53. The number of nitrogens with one attached hydrogen (secondary N) is 1. The minimum atomic E-state index is -0.198. The number of aryl methyl sites for hydroxylation is 1. The van der Waals surface area contributed by atoms with Gasteiger partial charge in [-0.05, 0) is 36.2 Å². The zero-order chi connectivity index (χ0) is 15.1. The number of carbonyl (C=O) groups is 1. The zero-order valence-corrected chi connectivity index (χ0v) is 11.8. The molecule has 2 N–H and O–H groups in total. The topological polar surface area (TPSA) is 62.2 Å². The molecule has 0 aliphatic heterocycles. The van der Waals surface area contributed by atoms with Gasteiger partial charge in [0.15, 0.2) is 0 Å². The molecule has 2 rings (SSSR count). The van der Waals surface area contributed by atoms with Crippen LogP contribution in [-0.2, 0) is 6.54 Å². The van der Waals surface area contributed by atoms with E-state index in [0.29, 0.717) is 12.1 Å². The van der Waals surface area contributed by atoms with Crippen molar-refractivity contribution in [2.75, 3.05) is 6.61 Å². The number of benzene rings is 1. The molecule has 1 aromatic heterocycles. The fourth-order valence-electron chi connectivity index (χ4n) is 1.82. The van der Waals surface area contributed by atoms with Gasteiger partial charge in [-0.2, -0.15) is 0 Å². The van der Waals surface area contributed by atoms with Crippen molar-refractivity contribution < 1.29 is 9.90 Å². The second kappa shape index (κ2) is 7.22. The molecule has 0 aliphatic rings. The van der Waals surface area contributed by atoms with Crippen LogP contribution in [-0.4, -0.2) is 22.6 Å². The summed E-state index contributed by atoms with van der Waals surface area (Å²) in [5.41, 5.74) is 3.21. The molecule has 0 fully saturated rings. The highest BCUT2D eigenvalue weighted by Gasteiger charge is 2.07. The summed E-state index contributed by atoms with van der Waals surface area (Å²) >= 11 is 0. The summed E-state index contributed by atoms with van der Waals surface area (Å²) < 4.78 is 0. The molecule has 0 radical (unpaired) electrons. The van der Waals surface area contributed by atoms with Crippen LogP contribution >= 0.6 is 0 Å². The Bertz CT molecular complexity index is 685. The van der Waals surface area contributed by atoms with E-state index in [0.717, 1.165) is 16.7 Å². The third kappa shape index (κ3) is 4.16. The maximum absolute atomic E-state index is 12.1. The molecule has 0 bridgehead atoms. The lowest BCUT2D eigenvalue weighted by atomic mass is 10.0. The zero-order valence-electron chi connectivity index (χ0n) is 11.8. The Morgan fingerprint density at radius 3 is 2.95 bits per heavy atom. The summed E-state index contributed by atoms with van der Waals surface area (Å²) in [7, 11) is 0. The number of hydrogen-bond acceptors (Lipinski definition) is 3. The van der Waals surface area contributed by atoms with Gasteiger partial charge in [-0.3, -0.25) is 9.78 Å². The van der Waals surface area contributed by atoms with Crippen LogP contribution in [0.4, 0.5) is 0 Å². The molecule has 21 heavy (non-hydrogen) atoms. The maximum Gasteiger partial charge on any atom is 0.251 e. The van der Waals surface area contributed by atoms with Gasteiger partial charge in [0, 0.05) is 30.1 Å². The number of aromatic nitrogens is 1. The van der Waals surface area contributed by atoms with E-state index in [2.05, 4.69) is 22.1 Å². The Morgan fingerprint density at radius 1 is 1.38 bits per heavy atom. The first-order valence-electron chi connectivity index (χ1n) is 6.58. The van der Waals surface area contributed by atoms with Crippen molar-refractivity contribution in [2.24, 2.45) is 0 Å². The number of rotatable bonds is 3. The van der Waals surface area contributed by atoms with Gasteiger partial charge in [-0.1, -0.05) is 24.0 Å². The Labute approximate surface area is 123 Å². The van der Waals surface area contributed by atoms with Crippen molar-refractivity contribution in [1.29, 1.82) is 0 Å². The van der Waals surface area contributed by atoms with Crippen LogP contribution in [0.5, 0.6) is 0 Å². The number of nitrogens with zero attached hydrogens (tertiary/aromatic N) is 1. The van der Waals surface area contributed by atoms with E-state index in [1.54, 1.807) is 24.5 Å². The van der Waals surface area contributed by atoms with Gasteiger partial charge in [0.1, 0.15) is 6.61 Å². The molecule has 1 amide bonds. The van der Waals surface area contributed by atoms with Crippen LogP contribution in [0.2, 0.25) is 0 Å². The van der Waals surface area contributed by atoms with E-state index in [1.165, 1.54) is 0 Å². The van der Waals surface area contributed by atoms with Crippen molar-refractivity contribution in [3.05, 3.63) is 65.0 Å². The van der Waals surface area contributed by atoms with Crippen molar-refractivity contribution in [2.45, 2.75) is 13.5 Å². The molecule has 1 heterocycles. The molecular formula is C17H16N2O2. The second-order valence-corrected chi connectivity index (χ2v) is 4.53. The fraction of sp³-hybridized carbons (Fsp3) is 0.176. The van der Waals surface area contributed by atoms with Crippen LogP contribution in [0, 0.1) is 18.8 Å². The van der Waals surface area contributed by atoms with Crippen LogP contribution in [0.15, 0.2) is 42.7 Å². The molecule has 0 atom stereocenters. The van der Waals surface area contributed by atoms with Gasteiger partial charge in [-0.15, -0.1) is 0 Å². The van der Waals surface area contributed by atoms with Gasteiger partial charge in [0.25, 0.3) is 5.91 Å². The van der Waals surface area contributed by atoms with Crippen LogP contribution in [0.25, 0.3) is 0 Å². The highest BCUT2D eigenvalue weighted by atomic mass is 16.2. The standard InChI is InChI=1S/C17H16N2O2/c1-13-6-7-16(10-15(13)5-3-9-20)17(21)19-12-14-4-2-8-18-11-14/h2,4,6-8,10-11,20H,9,12H2,1H3,(H,19,21). The van der Waals surface area contributed by atoms with Gasteiger partial charge < -0.3 is 10.4 Å². The highest BCUT2D eigenvalue weighted by Crippen LogP contribution is 2.10. The Morgan fingerprint density at radius 2 is 2.24 bits per heavy atom. The normalized spacial score (nSPS) is 9.62. The molecule has 4 heteroatoms. The SMILES string of the molecule is Cc1ccc(C(=O)NCc2cccnc2)cc1C#CCO. The number of amides is 1. The summed E-state index contributed by atoms with van der Waals surface area (Å²) in [6.45, 7) is 2.15. The third-order valence-electron chi connectivity index (χ3n) is 2.98. The lowest BCUT2D eigenvalue weighted by Crippen LogP contribution is -2.22. The summed E-state index contributed by atoms with van der Waals surface area (Å²) in [5, 5.41) is 11.6. The molecule has 4 nitrogen and oxygen atoms in total. The largest absolute Gasteiger partial charge is 0.384 e. The van der Waals surface area contributed by atoms with E-state index >= 15 is 0 Å². The lowest BCUT2D eigenvalue weighted by Gasteiger charge is -2.06. The van der Waals surface area contributed by atoms with E-state index in [4.69, 9.17) is 5.11 Å². The van der Waals surface area contributed by atoms with Gasteiger partial charge in [0.2, 0.25) is 0 Å². The molecule has 106 valence electrons. The quantitative estimate of drug-likeness (QED) is 0.841. The minimum Gasteiger partial charge on any atom is -0.384 e. The maximum atomic E-state index is 12.1. The smallest absolute Gasteiger partial charge is 0.251 e. The van der Waals surface area contributed by atoms with E-state index in [-0.39, 0.29) is 12.5 Å². The average molecular weight is 280 g/mol. The van der Waals surface area contributed by atoms with Crippen molar-refractivity contribution in [1.82, 2.24) is 10.3 Å². The Balaban J connectivity index is 2.09. The molecular weight excluding hydrogens is 264 g/mol. The van der Waals surface area contributed by atoms with Crippen molar-refractivity contribution in [3.8, 4) is 11.8 Å². The van der Waals surface area contributed by atoms with Gasteiger partial charge in [0.05, 0.1) is 0 Å². The predicted octanol–water partition coefficient (Wildman–Crippen LogP) is 1.66. The monoisotopic (exact) mass is 280 g/mol. The molecule has 0 aliphatic carbocycles. The summed E-state index contributed by atoms with van der Waals surface area (Å²) in [4.78, 5) is 16.1. The number of aliphatic hydroxyl groups excluding tert-OH is 1. The van der Waals surface area contributed by atoms with Crippen LogP contribution < -0.4 is 5.32 Å². The van der Waals surface area contributed by atoms with Crippen LogP contribution in [0.3, 0.4) is 0 Å². The number of carbonyl (C=O) groups excluding carboxylic acids is 1. The summed E-state index contributed by atoms with van der Waals surface area (Å²) in [6.07, 6.45) is 3.41. The van der Waals surface area contributed by atoms with E-state index < -0.39 is 0 Å². The predicted molar refractivity (Wildman–Crippen MR) is 80.6 cm³/mol. The van der Waals surface area contributed by atoms with Crippen molar-refractivity contribution in [3.63, 3.8) is 0 Å². The van der Waals surface area contributed by atoms with Crippen molar-refractivity contribution >= 4 is 5.91 Å². The first kappa shape index (κ1) is 14.8. The number of hydrogen-bond donors (Lipinski definition) is 2. The number of aliphatic hydroxyl groups is 1. The minimum absolute atomic E-state index is 0.161. The van der Waals surface area contributed by atoms with E-state index in [9.17, 15) is 4.79 Å². The molecule has 0 unspecified atom stereocenters. The van der Waals surface area contributed by atoms with Gasteiger partial charge >= 0.3 is 0 Å². The van der Waals surface area contributed by atoms with E-state index in [1.807, 2.05) is 25.1 Å². The third-order valence-corrected chi connectivity index (χ3v) is 2.98. The molecule has 0 saturated carbocycles. The first-order valence-corrected chi connectivity index (χ1v) is 6.58. The molecule has 1 aromatic carbocycles. The number of pyridine rings is 1. The second-order valence-electron chi connectivity index (χ2n) is 4.53. The lowest BCUT2D eigenvalue weighted by molar-refractivity contribution is 0.0951. The summed E-state index contributed by atoms with van der Waals surface area (Å²) in [6, 6.07) is 9.07. The molecule has 2 aromatic rings. The van der Waals surface area contributed by atoms with Crippen LogP contribution in [0.1, 0.15) is 27.0 Å². The highest BCUT2D eigenvalue weighted by molar-refractivity contribution is 5.94. The Kier molecular flexibility index (Phi) is 5.08. The fourth-order valence-corrected chi connectivity index (χ4v) is 1.82.